The number of amides is 1. The van der Waals surface area contributed by atoms with Gasteiger partial charge in [0.05, 0.1) is 35.4 Å². The highest BCUT2D eigenvalue weighted by molar-refractivity contribution is 14.1. The lowest BCUT2D eigenvalue weighted by Crippen LogP contribution is -2.47. The molecule has 34 heavy (non-hydrogen) atoms. The van der Waals surface area contributed by atoms with Gasteiger partial charge in [0, 0.05) is 42.0 Å². The monoisotopic (exact) mass is 572 g/mol. The zero-order valence-corrected chi connectivity index (χ0v) is 20.9. The predicted octanol–water partition coefficient (Wildman–Crippen LogP) is 3.38. The van der Waals surface area contributed by atoms with Crippen LogP contribution in [-0.4, -0.2) is 65.2 Å². The van der Waals surface area contributed by atoms with E-state index in [0.717, 1.165) is 41.1 Å². The molecule has 0 saturated carbocycles. The Bertz CT molecular complexity index is 1200. The Hall–Kier alpha value is -3.14. The molecule has 0 unspecified atom stereocenters. The molecule has 2 aromatic carbocycles. The number of rotatable bonds is 6. The Kier molecular flexibility index (Phi) is 7.66. The summed E-state index contributed by atoms with van der Waals surface area (Å²) in [5, 5.41) is 25.8. The molecule has 3 aromatic rings. The molecule has 1 amide bonds. The average molecular weight is 572 g/mol. The second-order valence-electron chi connectivity index (χ2n) is 7.89. The van der Waals surface area contributed by atoms with Crippen LogP contribution in [0.4, 0.5) is 16.2 Å². The average Bonchev–Trinajstić information content (AvgIpc) is 3.20. The Morgan fingerprint density at radius 2 is 1.94 bits per heavy atom. The SMILES string of the molecule is Cc1c(OC(=O)Nc2ccc(N3CCN(CCO)CC3)c(C#N)c2)cnn1-c1ccc(I)cc1. The van der Waals surface area contributed by atoms with Crippen LogP contribution in [-0.2, 0) is 0 Å². The molecule has 176 valence electrons. The molecule has 0 bridgehead atoms. The maximum absolute atomic E-state index is 12.5. The number of carbonyl (C=O) groups is 1. The van der Waals surface area contributed by atoms with Crippen molar-refractivity contribution in [2.75, 3.05) is 49.5 Å². The van der Waals surface area contributed by atoms with E-state index in [1.807, 2.05) is 37.3 Å². The van der Waals surface area contributed by atoms with Gasteiger partial charge in [-0.05, 0) is 72.0 Å². The summed E-state index contributed by atoms with van der Waals surface area (Å²) in [4.78, 5) is 16.9. The van der Waals surface area contributed by atoms with Crippen LogP contribution in [0.5, 0.6) is 5.75 Å². The molecule has 1 aliphatic rings. The molecule has 1 aromatic heterocycles. The number of nitrogens with one attached hydrogen (secondary N) is 1. The Labute approximate surface area is 211 Å². The van der Waals surface area contributed by atoms with Crippen LogP contribution in [0.3, 0.4) is 0 Å². The number of nitrogens with zero attached hydrogens (tertiary/aromatic N) is 5. The third-order valence-corrected chi connectivity index (χ3v) is 6.45. The second-order valence-corrected chi connectivity index (χ2v) is 9.14. The largest absolute Gasteiger partial charge is 0.417 e. The quantitative estimate of drug-likeness (QED) is 0.437. The van der Waals surface area contributed by atoms with Gasteiger partial charge in [-0.3, -0.25) is 10.2 Å². The molecule has 10 heteroatoms. The number of piperazine rings is 1. The number of aromatic nitrogens is 2. The maximum atomic E-state index is 12.5. The fourth-order valence-corrected chi connectivity index (χ4v) is 4.27. The van der Waals surface area contributed by atoms with E-state index < -0.39 is 6.09 Å². The topological polar surface area (TPSA) is 107 Å². The number of aliphatic hydroxyl groups is 1. The van der Waals surface area contributed by atoms with E-state index in [9.17, 15) is 10.1 Å². The molecule has 1 saturated heterocycles. The highest BCUT2D eigenvalue weighted by atomic mass is 127. The van der Waals surface area contributed by atoms with Gasteiger partial charge < -0.3 is 14.7 Å². The number of aliphatic hydroxyl groups excluding tert-OH is 1. The molecule has 4 rings (SSSR count). The fraction of sp³-hybridized carbons (Fsp3) is 0.292. The van der Waals surface area contributed by atoms with Gasteiger partial charge in [0.15, 0.2) is 5.75 Å². The normalized spacial score (nSPS) is 14.0. The highest BCUT2D eigenvalue weighted by Gasteiger charge is 2.20. The van der Waals surface area contributed by atoms with Crippen molar-refractivity contribution in [2.24, 2.45) is 0 Å². The highest BCUT2D eigenvalue weighted by Crippen LogP contribution is 2.26. The minimum atomic E-state index is -0.653. The Morgan fingerprint density at radius 1 is 1.21 bits per heavy atom. The summed E-state index contributed by atoms with van der Waals surface area (Å²) >= 11 is 2.24. The van der Waals surface area contributed by atoms with Crippen molar-refractivity contribution < 1.29 is 14.6 Å². The van der Waals surface area contributed by atoms with Crippen molar-refractivity contribution in [3.8, 4) is 17.5 Å². The lowest BCUT2D eigenvalue weighted by molar-refractivity contribution is 0.189. The molecule has 2 N–H and O–H groups in total. The number of nitriles is 1. The fourth-order valence-electron chi connectivity index (χ4n) is 3.91. The van der Waals surface area contributed by atoms with Gasteiger partial charge in [0.25, 0.3) is 0 Å². The second kappa shape index (κ2) is 10.9. The number of anilines is 2. The van der Waals surface area contributed by atoms with Crippen LogP contribution < -0.4 is 15.0 Å². The van der Waals surface area contributed by atoms with Crippen LogP contribution in [0.15, 0.2) is 48.7 Å². The van der Waals surface area contributed by atoms with Gasteiger partial charge in [-0.1, -0.05) is 0 Å². The zero-order valence-electron chi connectivity index (χ0n) is 18.7. The van der Waals surface area contributed by atoms with Gasteiger partial charge in [0.1, 0.15) is 6.07 Å². The van der Waals surface area contributed by atoms with Gasteiger partial charge in [-0.15, -0.1) is 0 Å². The summed E-state index contributed by atoms with van der Waals surface area (Å²) in [6.07, 6.45) is 0.854. The molecule has 9 nitrogen and oxygen atoms in total. The Balaban J connectivity index is 1.41. The van der Waals surface area contributed by atoms with Crippen molar-refractivity contribution in [1.82, 2.24) is 14.7 Å². The van der Waals surface area contributed by atoms with E-state index >= 15 is 0 Å². The first kappa shape index (κ1) is 24.0. The number of β-amino-alcohol motifs (C(OH)–C–C–N with tert-alkyl or cyclic N) is 1. The number of ether oxygens (including phenoxy) is 1. The molecule has 0 aliphatic carbocycles. The third-order valence-electron chi connectivity index (χ3n) is 5.73. The first-order valence-electron chi connectivity index (χ1n) is 10.9. The van der Waals surface area contributed by atoms with Crippen LogP contribution in [0, 0.1) is 21.8 Å². The number of hydrogen-bond acceptors (Lipinski definition) is 7. The van der Waals surface area contributed by atoms with Gasteiger partial charge in [-0.25, -0.2) is 9.48 Å². The molecule has 1 aliphatic heterocycles. The van der Waals surface area contributed by atoms with Crippen LogP contribution >= 0.6 is 22.6 Å². The van der Waals surface area contributed by atoms with E-state index in [-0.39, 0.29) is 6.61 Å². The van der Waals surface area contributed by atoms with E-state index in [4.69, 9.17) is 9.84 Å². The first-order valence-corrected chi connectivity index (χ1v) is 12.0. The van der Waals surface area contributed by atoms with E-state index in [0.29, 0.717) is 29.2 Å². The summed E-state index contributed by atoms with van der Waals surface area (Å²) in [6.45, 7) is 5.83. The van der Waals surface area contributed by atoms with Gasteiger partial charge in [0.2, 0.25) is 0 Å². The summed E-state index contributed by atoms with van der Waals surface area (Å²) in [5.74, 6) is 0.355. The molecule has 0 radical (unpaired) electrons. The minimum absolute atomic E-state index is 0.145. The summed E-state index contributed by atoms with van der Waals surface area (Å²) in [6, 6.07) is 15.3. The molecule has 0 atom stereocenters. The molecule has 1 fully saturated rings. The number of halogens is 1. The minimum Gasteiger partial charge on any atom is -0.406 e. The predicted molar refractivity (Wildman–Crippen MR) is 138 cm³/mol. The lowest BCUT2D eigenvalue weighted by Gasteiger charge is -2.36. The number of carbonyl (C=O) groups excluding carboxylic acids is 1. The van der Waals surface area contributed by atoms with E-state index in [2.05, 4.69) is 48.9 Å². The zero-order chi connectivity index (χ0) is 24.1. The third kappa shape index (κ3) is 5.49. The smallest absolute Gasteiger partial charge is 0.406 e. The maximum Gasteiger partial charge on any atom is 0.417 e. The molecule has 0 spiro atoms. The van der Waals surface area contributed by atoms with Gasteiger partial charge >= 0.3 is 6.09 Å². The Morgan fingerprint density at radius 3 is 2.62 bits per heavy atom. The van der Waals surface area contributed by atoms with Crippen molar-refractivity contribution in [3.63, 3.8) is 0 Å². The summed E-state index contributed by atoms with van der Waals surface area (Å²) in [7, 11) is 0. The summed E-state index contributed by atoms with van der Waals surface area (Å²) < 4.78 is 8.30. The van der Waals surface area contributed by atoms with Gasteiger partial charge in [-0.2, -0.15) is 10.4 Å². The van der Waals surface area contributed by atoms with E-state index in [1.165, 1.54) is 6.20 Å². The van der Waals surface area contributed by atoms with Crippen LogP contribution in [0.2, 0.25) is 0 Å². The van der Waals surface area contributed by atoms with Crippen LogP contribution in [0.1, 0.15) is 11.3 Å². The summed E-state index contributed by atoms with van der Waals surface area (Å²) in [5.41, 5.74) is 3.37. The molecular formula is C24H25IN6O3. The van der Waals surface area contributed by atoms with Crippen molar-refractivity contribution >= 4 is 40.1 Å². The standard InChI is InChI=1S/C24H25IN6O3/c1-17-23(16-27-31(17)21-5-2-19(25)3-6-21)34-24(33)28-20-4-7-22(18(14-20)15-26)30-10-8-29(9-11-30)12-13-32/h2-7,14,16,32H,8-13H2,1H3,(H,28,33). The van der Waals surface area contributed by atoms with Crippen LogP contribution in [0.25, 0.3) is 5.69 Å². The van der Waals surface area contributed by atoms with Crippen molar-refractivity contribution in [1.29, 1.82) is 5.26 Å². The number of hydrogen-bond donors (Lipinski definition) is 2. The van der Waals surface area contributed by atoms with Crippen molar-refractivity contribution in [3.05, 3.63) is 63.5 Å². The van der Waals surface area contributed by atoms with Crippen molar-refractivity contribution in [2.45, 2.75) is 6.92 Å². The molecular weight excluding hydrogens is 547 g/mol. The molecule has 2 heterocycles. The lowest BCUT2D eigenvalue weighted by atomic mass is 10.1. The van der Waals surface area contributed by atoms with E-state index in [1.54, 1.807) is 16.8 Å². The first-order chi connectivity index (χ1) is 16.5. The number of benzene rings is 2.